The molecular formula is C24H29N5O. The SMILES string of the molecule is Cc1nc(N=NC(C)c2ccc(N(C)C)cc2)cc(-c2ccccc2OC(C)C)n1. The fourth-order valence-corrected chi connectivity index (χ4v) is 3.04. The third kappa shape index (κ3) is 5.41. The molecule has 0 fully saturated rings. The van der Waals surface area contributed by atoms with Gasteiger partial charge in [0.1, 0.15) is 11.6 Å². The molecule has 0 radical (unpaired) electrons. The van der Waals surface area contributed by atoms with Gasteiger partial charge in [-0.2, -0.15) is 5.11 Å². The molecule has 1 atom stereocenters. The fourth-order valence-electron chi connectivity index (χ4n) is 3.04. The lowest BCUT2D eigenvalue weighted by Crippen LogP contribution is -2.08. The summed E-state index contributed by atoms with van der Waals surface area (Å²) in [6, 6.07) is 18.0. The minimum absolute atomic E-state index is 0.0727. The van der Waals surface area contributed by atoms with E-state index in [2.05, 4.69) is 49.4 Å². The Morgan fingerprint density at radius 3 is 2.30 bits per heavy atom. The smallest absolute Gasteiger partial charge is 0.177 e. The van der Waals surface area contributed by atoms with Crippen LogP contribution in [0.15, 0.2) is 64.8 Å². The van der Waals surface area contributed by atoms with Crippen LogP contribution in [-0.4, -0.2) is 30.2 Å². The van der Waals surface area contributed by atoms with Gasteiger partial charge in [-0.3, -0.25) is 0 Å². The average molecular weight is 404 g/mol. The lowest BCUT2D eigenvalue weighted by molar-refractivity contribution is 0.243. The highest BCUT2D eigenvalue weighted by Crippen LogP contribution is 2.31. The molecule has 0 saturated carbocycles. The highest BCUT2D eigenvalue weighted by atomic mass is 16.5. The van der Waals surface area contributed by atoms with Gasteiger partial charge in [-0.25, -0.2) is 9.97 Å². The number of anilines is 1. The van der Waals surface area contributed by atoms with Crippen LogP contribution in [0.25, 0.3) is 11.3 Å². The third-order valence-electron chi connectivity index (χ3n) is 4.58. The van der Waals surface area contributed by atoms with Crippen LogP contribution in [0.5, 0.6) is 5.75 Å². The molecule has 2 aromatic carbocycles. The molecule has 1 aromatic heterocycles. The maximum Gasteiger partial charge on any atom is 0.177 e. The molecular weight excluding hydrogens is 374 g/mol. The highest BCUT2D eigenvalue weighted by Gasteiger charge is 2.11. The first kappa shape index (κ1) is 21.4. The van der Waals surface area contributed by atoms with E-state index in [4.69, 9.17) is 4.74 Å². The number of aryl methyl sites for hydroxylation is 1. The standard InChI is InChI=1S/C24H29N5O/c1-16(2)30-23-10-8-7-9-21(23)22-15-24(26-18(4)25-22)28-27-17(3)19-11-13-20(14-12-19)29(5)6/h7-17H,1-6H3. The second-order valence-corrected chi connectivity index (χ2v) is 7.70. The Hall–Kier alpha value is -3.28. The van der Waals surface area contributed by atoms with Gasteiger partial charge in [-0.15, -0.1) is 5.11 Å². The fraction of sp³-hybridized carbons (Fsp3) is 0.333. The Bertz CT molecular complexity index is 1010. The van der Waals surface area contributed by atoms with Crippen LogP contribution >= 0.6 is 0 Å². The zero-order chi connectivity index (χ0) is 21.7. The highest BCUT2D eigenvalue weighted by molar-refractivity contribution is 5.68. The molecule has 156 valence electrons. The van der Waals surface area contributed by atoms with Gasteiger partial charge in [-0.1, -0.05) is 24.3 Å². The second-order valence-electron chi connectivity index (χ2n) is 7.70. The van der Waals surface area contributed by atoms with Gasteiger partial charge in [0.05, 0.1) is 17.8 Å². The van der Waals surface area contributed by atoms with Crippen LogP contribution in [0.3, 0.4) is 0 Å². The normalized spacial score (nSPS) is 12.4. The number of hydrogen-bond donors (Lipinski definition) is 0. The zero-order valence-corrected chi connectivity index (χ0v) is 18.5. The van der Waals surface area contributed by atoms with Crippen molar-refractivity contribution in [3.8, 4) is 17.0 Å². The van der Waals surface area contributed by atoms with Crippen LogP contribution in [0.2, 0.25) is 0 Å². The van der Waals surface area contributed by atoms with Crippen molar-refractivity contribution in [2.24, 2.45) is 10.2 Å². The van der Waals surface area contributed by atoms with Crippen LogP contribution in [0.4, 0.5) is 11.5 Å². The summed E-state index contributed by atoms with van der Waals surface area (Å²) in [5, 5.41) is 8.88. The number of para-hydroxylation sites is 1. The zero-order valence-electron chi connectivity index (χ0n) is 18.5. The first-order valence-electron chi connectivity index (χ1n) is 10.1. The predicted octanol–water partition coefficient (Wildman–Crippen LogP) is 6.15. The molecule has 0 amide bonds. The lowest BCUT2D eigenvalue weighted by atomic mass is 10.1. The quantitative estimate of drug-likeness (QED) is 0.444. The van der Waals surface area contributed by atoms with E-state index in [-0.39, 0.29) is 12.1 Å². The summed E-state index contributed by atoms with van der Waals surface area (Å²) in [4.78, 5) is 11.1. The van der Waals surface area contributed by atoms with Gasteiger partial charge in [-0.05, 0) is 57.5 Å². The Morgan fingerprint density at radius 1 is 0.933 bits per heavy atom. The molecule has 0 N–H and O–H groups in total. The van der Waals surface area contributed by atoms with E-state index in [1.165, 1.54) is 0 Å². The van der Waals surface area contributed by atoms with Crippen LogP contribution in [0, 0.1) is 6.92 Å². The summed E-state index contributed by atoms with van der Waals surface area (Å²) in [6.07, 6.45) is 0.0768. The largest absolute Gasteiger partial charge is 0.490 e. The van der Waals surface area contributed by atoms with Crippen molar-refractivity contribution < 1.29 is 4.74 Å². The van der Waals surface area contributed by atoms with E-state index in [0.29, 0.717) is 11.6 Å². The first-order valence-corrected chi connectivity index (χ1v) is 10.1. The Labute approximate surface area is 178 Å². The Balaban J connectivity index is 1.85. The van der Waals surface area contributed by atoms with Crippen molar-refractivity contribution in [2.45, 2.75) is 39.8 Å². The molecule has 0 aliphatic carbocycles. The summed E-state index contributed by atoms with van der Waals surface area (Å²) in [7, 11) is 4.05. The monoisotopic (exact) mass is 403 g/mol. The van der Waals surface area contributed by atoms with Gasteiger partial charge in [0.25, 0.3) is 0 Å². The molecule has 0 aliphatic rings. The number of azo groups is 1. The van der Waals surface area contributed by atoms with Crippen molar-refractivity contribution in [3.05, 3.63) is 66.0 Å². The summed E-state index contributed by atoms with van der Waals surface area (Å²) in [5.74, 6) is 1.97. The van der Waals surface area contributed by atoms with Crippen LogP contribution in [-0.2, 0) is 0 Å². The van der Waals surface area contributed by atoms with Gasteiger partial charge >= 0.3 is 0 Å². The van der Waals surface area contributed by atoms with Crippen molar-refractivity contribution >= 4 is 11.5 Å². The number of hydrogen-bond acceptors (Lipinski definition) is 6. The maximum atomic E-state index is 5.94. The van der Waals surface area contributed by atoms with Crippen molar-refractivity contribution in [1.29, 1.82) is 0 Å². The third-order valence-corrected chi connectivity index (χ3v) is 4.58. The number of benzene rings is 2. The molecule has 0 saturated heterocycles. The molecule has 30 heavy (non-hydrogen) atoms. The summed E-state index contributed by atoms with van der Waals surface area (Å²) < 4.78 is 5.94. The van der Waals surface area contributed by atoms with E-state index >= 15 is 0 Å². The van der Waals surface area contributed by atoms with Crippen molar-refractivity contribution in [3.63, 3.8) is 0 Å². The Kier molecular flexibility index (Phi) is 6.77. The van der Waals surface area contributed by atoms with E-state index in [1.807, 2.05) is 72.1 Å². The van der Waals surface area contributed by atoms with Gasteiger partial charge in [0.15, 0.2) is 5.82 Å². The number of nitrogens with zero attached hydrogens (tertiary/aromatic N) is 5. The summed E-state index contributed by atoms with van der Waals surface area (Å²) in [5.41, 5.74) is 3.95. The molecule has 1 heterocycles. The second kappa shape index (κ2) is 9.48. The minimum Gasteiger partial charge on any atom is -0.490 e. The molecule has 0 aliphatic heterocycles. The lowest BCUT2D eigenvalue weighted by Gasteiger charge is -2.14. The van der Waals surface area contributed by atoms with E-state index in [9.17, 15) is 0 Å². The van der Waals surface area contributed by atoms with Crippen molar-refractivity contribution in [2.75, 3.05) is 19.0 Å². The topological polar surface area (TPSA) is 63.0 Å². The first-order chi connectivity index (χ1) is 14.3. The molecule has 3 rings (SSSR count). The van der Waals surface area contributed by atoms with Crippen molar-refractivity contribution in [1.82, 2.24) is 9.97 Å². The predicted molar refractivity (Wildman–Crippen MR) is 122 cm³/mol. The Morgan fingerprint density at radius 2 is 1.63 bits per heavy atom. The number of rotatable bonds is 7. The molecule has 1 unspecified atom stereocenters. The molecule has 3 aromatic rings. The van der Waals surface area contributed by atoms with E-state index in [1.54, 1.807) is 0 Å². The number of ether oxygens (including phenoxy) is 1. The summed E-state index contributed by atoms with van der Waals surface area (Å²) in [6.45, 7) is 7.90. The minimum atomic E-state index is -0.0727. The van der Waals surface area contributed by atoms with Gasteiger partial charge < -0.3 is 9.64 Å². The molecule has 0 spiro atoms. The van der Waals surface area contributed by atoms with Crippen LogP contribution in [0.1, 0.15) is 38.2 Å². The molecule has 6 heteroatoms. The summed E-state index contributed by atoms with van der Waals surface area (Å²) >= 11 is 0. The van der Waals surface area contributed by atoms with E-state index in [0.717, 1.165) is 28.3 Å². The number of aromatic nitrogens is 2. The van der Waals surface area contributed by atoms with Gasteiger partial charge in [0, 0.05) is 31.4 Å². The van der Waals surface area contributed by atoms with Gasteiger partial charge in [0.2, 0.25) is 0 Å². The maximum absolute atomic E-state index is 5.94. The molecule has 6 nitrogen and oxygen atoms in total. The molecule has 0 bridgehead atoms. The van der Waals surface area contributed by atoms with E-state index < -0.39 is 0 Å². The van der Waals surface area contributed by atoms with Crippen LogP contribution < -0.4 is 9.64 Å². The average Bonchev–Trinajstić information content (AvgIpc) is 2.71.